The minimum Gasteiger partial charge on any atom is -0.480 e. The van der Waals surface area contributed by atoms with Crippen molar-refractivity contribution in [1.29, 1.82) is 0 Å². The van der Waals surface area contributed by atoms with Crippen LogP contribution in [0.5, 0.6) is 0 Å². The monoisotopic (exact) mass is 562 g/mol. The number of hydrogen-bond acceptors (Lipinski definition) is 5. The minimum atomic E-state index is -1.14. The third-order valence-corrected chi connectivity index (χ3v) is 8.26. The van der Waals surface area contributed by atoms with Crippen molar-refractivity contribution in [2.24, 2.45) is 5.41 Å². The average Bonchev–Trinajstić information content (AvgIpc) is 3.52. The number of hydrogen-bond donors (Lipinski definition) is 3. The van der Waals surface area contributed by atoms with Crippen LogP contribution < -0.4 is 15.5 Å². The number of carbonyl (C=O) groups excluding carboxylic acids is 4. The van der Waals surface area contributed by atoms with Crippen LogP contribution in [0.2, 0.25) is 0 Å². The Kier molecular flexibility index (Phi) is 9.10. The Morgan fingerprint density at radius 2 is 1.63 bits per heavy atom. The third kappa shape index (κ3) is 6.42. The molecule has 3 atom stereocenters. The molecule has 1 aliphatic carbocycles. The van der Waals surface area contributed by atoms with Crippen molar-refractivity contribution in [2.45, 2.75) is 77.5 Å². The van der Waals surface area contributed by atoms with Crippen molar-refractivity contribution in [2.75, 3.05) is 11.4 Å². The van der Waals surface area contributed by atoms with Gasteiger partial charge in [0.1, 0.15) is 18.2 Å². The summed E-state index contributed by atoms with van der Waals surface area (Å²) < 4.78 is 0. The molecule has 1 saturated heterocycles. The standard InChI is InChI=1S/C31H38N4O6/c1-20-28(38)35(27(34(20)22(3)37)24-9-5-4-6-10-24)25-13-11-23(12-14-25)19-26(29(39)40)33-30(41)31(15-7-8-16-31)17-18-32-21(2)36/h4-6,9-14,20,26-27H,7-8,15-19H2,1-3H3,(H,32,36)(H,33,41)(H,39,40). The normalized spacial score (nSPS) is 20.5. The third-order valence-electron chi connectivity index (χ3n) is 8.26. The van der Waals surface area contributed by atoms with E-state index in [4.69, 9.17) is 0 Å². The molecule has 1 saturated carbocycles. The van der Waals surface area contributed by atoms with Gasteiger partial charge in [0, 0.05) is 32.5 Å². The van der Waals surface area contributed by atoms with E-state index < -0.39 is 29.6 Å². The summed E-state index contributed by atoms with van der Waals surface area (Å²) >= 11 is 0. The van der Waals surface area contributed by atoms with E-state index in [0.29, 0.717) is 37.1 Å². The first kappa shape index (κ1) is 29.8. The zero-order valence-electron chi connectivity index (χ0n) is 23.8. The predicted molar refractivity (Wildman–Crippen MR) is 153 cm³/mol. The van der Waals surface area contributed by atoms with Crippen molar-refractivity contribution in [1.82, 2.24) is 15.5 Å². The second-order valence-electron chi connectivity index (χ2n) is 11.1. The van der Waals surface area contributed by atoms with Gasteiger partial charge in [0.25, 0.3) is 5.91 Å². The Balaban J connectivity index is 1.51. The van der Waals surface area contributed by atoms with Crippen molar-refractivity contribution < 1.29 is 29.1 Å². The summed E-state index contributed by atoms with van der Waals surface area (Å²) in [6, 6.07) is 14.5. The lowest BCUT2D eigenvalue weighted by Crippen LogP contribution is -2.49. The van der Waals surface area contributed by atoms with Crippen LogP contribution in [0.25, 0.3) is 0 Å². The van der Waals surface area contributed by atoms with Gasteiger partial charge in [0.2, 0.25) is 17.7 Å². The van der Waals surface area contributed by atoms with Crippen LogP contribution in [0.1, 0.15) is 70.2 Å². The summed E-state index contributed by atoms with van der Waals surface area (Å²) in [7, 11) is 0. The highest BCUT2D eigenvalue weighted by molar-refractivity contribution is 6.03. The fraction of sp³-hybridized carbons (Fsp3) is 0.452. The van der Waals surface area contributed by atoms with Gasteiger partial charge in [0.15, 0.2) is 0 Å². The molecule has 10 nitrogen and oxygen atoms in total. The largest absolute Gasteiger partial charge is 0.480 e. The Hall–Kier alpha value is -4.21. The van der Waals surface area contributed by atoms with Gasteiger partial charge in [-0.15, -0.1) is 0 Å². The fourth-order valence-electron chi connectivity index (χ4n) is 6.09. The number of nitrogens with zero attached hydrogens (tertiary/aromatic N) is 2. The number of aliphatic carboxylic acids is 1. The van der Waals surface area contributed by atoms with Gasteiger partial charge < -0.3 is 20.6 Å². The molecule has 4 rings (SSSR count). The van der Waals surface area contributed by atoms with Gasteiger partial charge in [-0.3, -0.25) is 24.1 Å². The number of nitrogens with one attached hydrogen (secondary N) is 2. The highest BCUT2D eigenvalue weighted by atomic mass is 16.4. The van der Waals surface area contributed by atoms with Gasteiger partial charge in [0.05, 0.1) is 5.41 Å². The number of anilines is 1. The summed E-state index contributed by atoms with van der Waals surface area (Å²) in [5.74, 6) is -2.02. The molecule has 0 spiro atoms. The second kappa shape index (κ2) is 12.5. The molecule has 41 heavy (non-hydrogen) atoms. The molecule has 218 valence electrons. The summed E-state index contributed by atoms with van der Waals surface area (Å²) in [5, 5.41) is 15.4. The number of amides is 4. The molecule has 3 unspecified atom stereocenters. The highest BCUT2D eigenvalue weighted by Crippen LogP contribution is 2.41. The van der Waals surface area contributed by atoms with Crippen LogP contribution in [0, 0.1) is 5.41 Å². The maximum Gasteiger partial charge on any atom is 0.326 e. The van der Waals surface area contributed by atoms with Crippen LogP contribution in [0.15, 0.2) is 54.6 Å². The van der Waals surface area contributed by atoms with Gasteiger partial charge >= 0.3 is 5.97 Å². The molecule has 0 aromatic heterocycles. The summed E-state index contributed by atoms with van der Waals surface area (Å²) in [6.45, 7) is 4.94. The number of carboxylic acid groups (broad SMARTS) is 1. The smallest absolute Gasteiger partial charge is 0.326 e. The SMILES string of the molecule is CC(=O)NCCC1(C(=O)NC(Cc2ccc(N3C(=O)C(C)N(C(C)=O)C3c3ccccc3)cc2)C(=O)O)CCCC1. The molecule has 4 amide bonds. The number of rotatable bonds is 10. The fourth-order valence-corrected chi connectivity index (χ4v) is 6.09. The first-order valence-corrected chi connectivity index (χ1v) is 14.1. The Bertz CT molecular complexity index is 1290. The van der Waals surface area contributed by atoms with Crippen molar-refractivity contribution >= 4 is 35.3 Å². The molecular formula is C31H38N4O6. The molecule has 10 heteroatoms. The van der Waals surface area contributed by atoms with Crippen LogP contribution >= 0.6 is 0 Å². The lowest BCUT2D eigenvalue weighted by Gasteiger charge is -2.31. The van der Waals surface area contributed by atoms with Crippen LogP contribution in [0.4, 0.5) is 5.69 Å². The molecule has 2 aliphatic rings. The first-order chi connectivity index (χ1) is 19.5. The Morgan fingerprint density at radius 1 is 1.00 bits per heavy atom. The van der Waals surface area contributed by atoms with Crippen molar-refractivity contribution in [3.63, 3.8) is 0 Å². The summed E-state index contributed by atoms with van der Waals surface area (Å²) in [5.41, 5.74) is 1.38. The zero-order chi connectivity index (χ0) is 29.7. The van der Waals surface area contributed by atoms with Gasteiger partial charge in [-0.1, -0.05) is 55.3 Å². The van der Waals surface area contributed by atoms with Crippen LogP contribution in [-0.2, 0) is 30.4 Å². The molecule has 0 radical (unpaired) electrons. The number of benzene rings is 2. The minimum absolute atomic E-state index is 0.0646. The van der Waals surface area contributed by atoms with Crippen LogP contribution in [0.3, 0.4) is 0 Å². The average molecular weight is 563 g/mol. The summed E-state index contributed by atoms with van der Waals surface area (Å²) in [4.78, 5) is 65.8. The van der Waals surface area contributed by atoms with Gasteiger partial charge in [-0.2, -0.15) is 0 Å². The second-order valence-corrected chi connectivity index (χ2v) is 11.1. The van der Waals surface area contributed by atoms with E-state index in [9.17, 15) is 29.1 Å². The van der Waals surface area contributed by atoms with Gasteiger partial charge in [-0.05, 0) is 49.4 Å². The van der Waals surface area contributed by atoms with Gasteiger partial charge in [-0.25, -0.2) is 4.79 Å². The molecule has 2 fully saturated rings. The van der Waals surface area contributed by atoms with E-state index in [-0.39, 0.29) is 30.0 Å². The van der Waals surface area contributed by atoms with E-state index in [1.807, 2.05) is 30.3 Å². The summed E-state index contributed by atoms with van der Waals surface area (Å²) in [6.07, 6.45) is 2.99. The van der Waals surface area contributed by atoms with E-state index in [0.717, 1.165) is 18.4 Å². The molecular weight excluding hydrogens is 524 g/mol. The highest BCUT2D eigenvalue weighted by Gasteiger charge is 2.46. The topological polar surface area (TPSA) is 136 Å². The predicted octanol–water partition coefficient (Wildman–Crippen LogP) is 3.17. The lowest BCUT2D eigenvalue weighted by molar-refractivity contribution is -0.144. The molecule has 0 bridgehead atoms. The maximum atomic E-state index is 13.3. The Labute approximate surface area is 240 Å². The molecule has 1 aliphatic heterocycles. The first-order valence-electron chi connectivity index (χ1n) is 14.1. The van der Waals surface area contributed by atoms with E-state index >= 15 is 0 Å². The number of carboxylic acids is 1. The van der Waals surface area contributed by atoms with E-state index in [1.54, 1.807) is 41.0 Å². The van der Waals surface area contributed by atoms with E-state index in [2.05, 4.69) is 10.6 Å². The van der Waals surface area contributed by atoms with Crippen molar-refractivity contribution in [3.8, 4) is 0 Å². The quantitative estimate of drug-likeness (QED) is 0.407. The maximum absolute atomic E-state index is 13.3. The molecule has 3 N–H and O–H groups in total. The molecule has 1 heterocycles. The number of carbonyl (C=O) groups is 5. The molecule has 2 aromatic carbocycles. The van der Waals surface area contributed by atoms with Crippen LogP contribution in [-0.4, -0.2) is 58.2 Å². The zero-order valence-corrected chi connectivity index (χ0v) is 23.8. The lowest BCUT2D eigenvalue weighted by atomic mass is 9.81. The van der Waals surface area contributed by atoms with E-state index in [1.165, 1.54) is 13.8 Å². The molecule has 2 aromatic rings. The van der Waals surface area contributed by atoms with Crippen molar-refractivity contribution in [3.05, 3.63) is 65.7 Å². The Morgan fingerprint density at radius 3 is 2.20 bits per heavy atom.